The van der Waals surface area contributed by atoms with E-state index in [9.17, 15) is 4.79 Å². The molecule has 0 aliphatic carbocycles. The van der Waals surface area contributed by atoms with Crippen LogP contribution in [0.5, 0.6) is 11.5 Å². The normalized spacial score (nSPS) is 12.0. The Morgan fingerprint density at radius 3 is 2.33 bits per heavy atom. The number of aromatic nitrogens is 1. The Bertz CT molecular complexity index is 699. The molecule has 0 saturated carbocycles. The molecule has 27 heavy (non-hydrogen) atoms. The standard InChI is InChI=1S/C22H28ClNO3/c1-16(2)5-4-6-17(3)13-14-26-19-8-10-20(11-9-19)27-22(25)18-7-12-21(23)24-15-18/h7-12,15-17H,4-6,13-14H2,1-3H3/t17-/m0/s1. The summed E-state index contributed by atoms with van der Waals surface area (Å²) in [6.45, 7) is 7.50. The highest BCUT2D eigenvalue weighted by atomic mass is 35.5. The molecule has 0 N–H and O–H groups in total. The van der Waals surface area contributed by atoms with Crippen LogP contribution in [-0.2, 0) is 0 Å². The van der Waals surface area contributed by atoms with Crippen LogP contribution in [0.3, 0.4) is 0 Å². The number of benzene rings is 1. The van der Waals surface area contributed by atoms with Crippen LogP contribution >= 0.6 is 11.6 Å². The number of esters is 1. The van der Waals surface area contributed by atoms with Crippen LogP contribution < -0.4 is 9.47 Å². The second kappa shape index (κ2) is 10.9. The largest absolute Gasteiger partial charge is 0.494 e. The van der Waals surface area contributed by atoms with Crippen molar-refractivity contribution in [1.82, 2.24) is 4.98 Å². The SMILES string of the molecule is CC(C)CCC[C@H](C)CCOc1ccc(OC(=O)c2ccc(Cl)nc2)cc1. The van der Waals surface area contributed by atoms with Gasteiger partial charge in [-0.2, -0.15) is 0 Å². The lowest BCUT2D eigenvalue weighted by molar-refractivity contribution is 0.0734. The van der Waals surface area contributed by atoms with Gasteiger partial charge in [-0.05, 0) is 54.7 Å². The van der Waals surface area contributed by atoms with Crippen molar-refractivity contribution in [3.8, 4) is 11.5 Å². The first-order chi connectivity index (χ1) is 12.9. The molecule has 0 aliphatic rings. The lowest BCUT2D eigenvalue weighted by Crippen LogP contribution is -2.08. The van der Waals surface area contributed by atoms with E-state index in [0.717, 1.165) is 18.1 Å². The quantitative estimate of drug-likeness (QED) is 0.276. The highest BCUT2D eigenvalue weighted by Crippen LogP contribution is 2.20. The summed E-state index contributed by atoms with van der Waals surface area (Å²) in [7, 11) is 0. The minimum Gasteiger partial charge on any atom is -0.494 e. The number of hydrogen-bond acceptors (Lipinski definition) is 4. The van der Waals surface area contributed by atoms with Crippen LogP contribution in [0.25, 0.3) is 0 Å². The highest BCUT2D eigenvalue weighted by Gasteiger charge is 2.09. The average Bonchev–Trinajstić information content (AvgIpc) is 2.63. The van der Waals surface area contributed by atoms with Crippen LogP contribution in [0.15, 0.2) is 42.6 Å². The molecule has 4 nitrogen and oxygen atoms in total. The molecule has 1 aromatic carbocycles. The molecule has 1 atom stereocenters. The first-order valence-corrected chi connectivity index (χ1v) is 9.88. The van der Waals surface area contributed by atoms with E-state index < -0.39 is 5.97 Å². The number of halogens is 1. The zero-order chi connectivity index (χ0) is 19.6. The van der Waals surface area contributed by atoms with Gasteiger partial charge in [-0.1, -0.05) is 51.6 Å². The monoisotopic (exact) mass is 389 g/mol. The summed E-state index contributed by atoms with van der Waals surface area (Å²) in [6.07, 6.45) is 6.25. The third kappa shape index (κ3) is 8.00. The molecule has 2 rings (SSSR count). The van der Waals surface area contributed by atoms with E-state index in [2.05, 4.69) is 25.8 Å². The topological polar surface area (TPSA) is 48.4 Å². The number of carbonyl (C=O) groups excluding carboxylic acids is 1. The minimum atomic E-state index is -0.469. The predicted molar refractivity (Wildman–Crippen MR) is 109 cm³/mol. The zero-order valence-corrected chi connectivity index (χ0v) is 17.0. The van der Waals surface area contributed by atoms with Gasteiger partial charge in [-0.15, -0.1) is 0 Å². The summed E-state index contributed by atoms with van der Waals surface area (Å²) >= 11 is 5.72. The van der Waals surface area contributed by atoms with Gasteiger partial charge in [0.2, 0.25) is 0 Å². The van der Waals surface area contributed by atoms with E-state index in [4.69, 9.17) is 21.1 Å². The number of hydrogen-bond donors (Lipinski definition) is 0. The third-order valence-electron chi connectivity index (χ3n) is 4.36. The molecule has 0 amide bonds. The Morgan fingerprint density at radius 1 is 1.00 bits per heavy atom. The van der Waals surface area contributed by atoms with Crippen molar-refractivity contribution in [2.24, 2.45) is 11.8 Å². The summed E-state index contributed by atoms with van der Waals surface area (Å²) in [6, 6.07) is 10.2. The molecule has 0 spiro atoms. The lowest BCUT2D eigenvalue weighted by Gasteiger charge is -2.13. The highest BCUT2D eigenvalue weighted by molar-refractivity contribution is 6.29. The van der Waals surface area contributed by atoms with Crippen molar-refractivity contribution in [1.29, 1.82) is 0 Å². The Kier molecular flexibility index (Phi) is 8.59. The molecule has 0 radical (unpaired) electrons. The van der Waals surface area contributed by atoms with Crippen molar-refractivity contribution in [2.45, 2.75) is 46.5 Å². The second-order valence-corrected chi connectivity index (χ2v) is 7.68. The summed E-state index contributed by atoms with van der Waals surface area (Å²) in [5.41, 5.74) is 0.353. The van der Waals surface area contributed by atoms with Gasteiger partial charge < -0.3 is 9.47 Å². The van der Waals surface area contributed by atoms with E-state index in [1.54, 1.807) is 24.3 Å². The molecule has 5 heteroatoms. The summed E-state index contributed by atoms with van der Waals surface area (Å²) in [4.78, 5) is 15.9. The van der Waals surface area contributed by atoms with E-state index in [1.807, 2.05) is 12.1 Å². The van der Waals surface area contributed by atoms with Crippen LogP contribution in [-0.4, -0.2) is 17.6 Å². The number of ether oxygens (including phenoxy) is 2. The van der Waals surface area contributed by atoms with Crippen molar-refractivity contribution < 1.29 is 14.3 Å². The van der Waals surface area contributed by atoms with Gasteiger partial charge in [-0.25, -0.2) is 9.78 Å². The molecule has 0 unspecified atom stereocenters. The number of carbonyl (C=O) groups is 1. The van der Waals surface area contributed by atoms with E-state index >= 15 is 0 Å². The van der Waals surface area contributed by atoms with Crippen LogP contribution in [0.2, 0.25) is 5.15 Å². The lowest BCUT2D eigenvalue weighted by atomic mass is 9.98. The number of rotatable bonds is 10. The van der Waals surface area contributed by atoms with Crippen molar-refractivity contribution in [2.75, 3.05) is 6.61 Å². The molecule has 1 heterocycles. The minimum absolute atomic E-state index is 0.335. The van der Waals surface area contributed by atoms with Gasteiger partial charge in [0, 0.05) is 6.20 Å². The first-order valence-electron chi connectivity index (χ1n) is 9.50. The van der Waals surface area contributed by atoms with E-state index in [0.29, 0.717) is 29.0 Å². The summed E-state index contributed by atoms with van der Waals surface area (Å²) < 4.78 is 11.1. The van der Waals surface area contributed by atoms with Crippen LogP contribution in [0.1, 0.15) is 56.8 Å². The third-order valence-corrected chi connectivity index (χ3v) is 4.58. The van der Waals surface area contributed by atoms with Crippen LogP contribution in [0, 0.1) is 11.8 Å². The van der Waals surface area contributed by atoms with E-state index in [1.165, 1.54) is 25.5 Å². The molecule has 0 aliphatic heterocycles. The average molecular weight is 390 g/mol. The summed E-state index contributed by atoms with van der Waals surface area (Å²) in [5, 5.41) is 0.335. The Labute approximate surface area is 166 Å². The molecule has 146 valence electrons. The molecule has 0 saturated heterocycles. The van der Waals surface area contributed by atoms with Gasteiger partial charge in [0.1, 0.15) is 16.7 Å². The maximum atomic E-state index is 12.0. The van der Waals surface area contributed by atoms with Gasteiger partial charge in [0.15, 0.2) is 0 Å². The van der Waals surface area contributed by atoms with Crippen LogP contribution in [0.4, 0.5) is 0 Å². The number of pyridine rings is 1. The second-order valence-electron chi connectivity index (χ2n) is 7.30. The molecular weight excluding hydrogens is 362 g/mol. The predicted octanol–water partition coefficient (Wildman–Crippen LogP) is 6.19. The molecule has 2 aromatic rings. The Balaban J connectivity index is 1.73. The van der Waals surface area contributed by atoms with E-state index in [-0.39, 0.29) is 0 Å². The van der Waals surface area contributed by atoms with Gasteiger partial charge in [0.05, 0.1) is 12.2 Å². The van der Waals surface area contributed by atoms with Crippen molar-refractivity contribution in [3.63, 3.8) is 0 Å². The molecule has 0 bridgehead atoms. The molecular formula is C22H28ClNO3. The van der Waals surface area contributed by atoms with Crippen molar-refractivity contribution >= 4 is 17.6 Å². The maximum Gasteiger partial charge on any atom is 0.345 e. The van der Waals surface area contributed by atoms with Crippen molar-refractivity contribution in [3.05, 3.63) is 53.3 Å². The molecule has 0 fully saturated rings. The molecule has 1 aromatic heterocycles. The van der Waals surface area contributed by atoms with Gasteiger partial charge in [0.25, 0.3) is 0 Å². The fraction of sp³-hybridized carbons (Fsp3) is 0.455. The zero-order valence-electron chi connectivity index (χ0n) is 16.3. The first kappa shape index (κ1) is 21.2. The van der Waals surface area contributed by atoms with Gasteiger partial charge in [-0.3, -0.25) is 0 Å². The summed E-state index contributed by atoms with van der Waals surface area (Å²) in [5.74, 6) is 2.21. The Morgan fingerprint density at radius 2 is 1.70 bits per heavy atom. The maximum absolute atomic E-state index is 12.0. The van der Waals surface area contributed by atoms with Gasteiger partial charge >= 0.3 is 5.97 Å². The fourth-order valence-corrected chi connectivity index (χ4v) is 2.78. The smallest absolute Gasteiger partial charge is 0.345 e. The fourth-order valence-electron chi connectivity index (χ4n) is 2.66. The Hall–Kier alpha value is -2.07. The number of nitrogens with zero attached hydrogens (tertiary/aromatic N) is 1.